The summed E-state index contributed by atoms with van der Waals surface area (Å²) in [6.07, 6.45) is 4.08. The van der Waals surface area contributed by atoms with Gasteiger partial charge in [0, 0.05) is 18.0 Å². The summed E-state index contributed by atoms with van der Waals surface area (Å²) in [7, 11) is 1.54. The normalized spacial score (nSPS) is 10.1. The number of hydrogen-bond donors (Lipinski definition) is 0. The first-order valence-corrected chi connectivity index (χ1v) is 4.96. The molecule has 16 heavy (non-hydrogen) atoms. The van der Waals surface area contributed by atoms with E-state index < -0.39 is 0 Å². The largest absolute Gasteiger partial charge is 0.495 e. The van der Waals surface area contributed by atoms with E-state index in [2.05, 4.69) is 4.98 Å². The van der Waals surface area contributed by atoms with Crippen molar-refractivity contribution in [1.29, 1.82) is 0 Å². The summed E-state index contributed by atoms with van der Waals surface area (Å²) in [6.45, 7) is 0. The third kappa shape index (κ3) is 1.79. The van der Waals surface area contributed by atoms with Crippen molar-refractivity contribution < 1.29 is 9.53 Å². The molecule has 2 aromatic rings. The van der Waals surface area contributed by atoms with Gasteiger partial charge in [-0.25, -0.2) is 4.98 Å². The Hall–Kier alpha value is -1.81. The molecule has 0 aliphatic rings. The minimum absolute atomic E-state index is 0.345. The molecule has 1 heterocycles. The highest BCUT2D eigenvalue weighted by Gasteiger charge is 2.09. The SMILES string of the molecule is COc1cc(C=O)ccc1-n1ccnc1Cl. The maximum Gasteiger partial charge on any atom is 0.207 e. The van der Waals surface area contributed by atoms with Crippen LogP contribution in [0.25, 0.3) is 5.69 Å². The van der Waals surface area contributed by atoms with Crippen LogP contribution in [0.5, 0.6) is 5.75 Å². The van der Waals surface area contributed by atoms with Gasteiger partial charge >= 0.3 is 0 Å². The predicted octanol–water partition coefficient (Wildman–Crippen LogP) is 2.35. The second-order valence-electron chi connectivity index (χ2n) is 3.12. The predicted molar refractivity (Wildman–Crippen MR) is 60.5 cm³/mol. The minimum atomic E-state index is 0.345. The molecule has 0 atom stereocenters. The van der Waals surface area contributed by atoms with Crippen LogP contribution in [0.15, 0.2) is 30.6 Å². The zero-order valence-electron chi connectivity index (χ0n) is 8.55. The number of aromatic nitrogens is 2. The van der Waals surface area contributed by atoms with Crippen molar-refractivity contribution in [2.45, 2.75) is 0 Å². The van der Waals surface area contributed by atoms with Crippen molar-refractivity contribution in [3.8, 4) is 11.4 Å². The quantitative estimate of drug-likeness (QED) is 0.769. The molecular formula is C11H9ClN2O2. The fourth-order valence-corrected chi connectivity index (χ4v) is 1.64. The molecule has 1 aromatic heterocycles. The molecule has 0 saturated carbocycles. The fraction of sp³-hybridized carbons (Fsp3) is 0.0909. The summed E-state index contributed by atoms with van der Waals surface area (Å²) in [5.41, 5.74) is 1.30. The summed E-state index contributed by atoms with van der Waals surface area (Å²) in [6, 6.07) is 5.11. The van der Waals surface area contributed by atoms with E-state index in [0.717, 1.165) is 12.0 Å². The van der Waals surface area contributed by atoms with Gasteiger partial charge in [-0.15, -0.1) is 0 Å². The number of methoxy groups -OCH3 is 1. The molecule has 0 saturated heterocycles. The van der Waals surface area contributed by atoms with Crippen molar-refractivity contribution in [3.05, 3.63) is 41.4 Å². The number of rotatable bonds is 3. The van der Waals surface area contributed by atoms with Crippen molar-refractivity contribution in [3.63, 3.8) is 0 Å². The smallest absolute Gasteiger partial charge is 0.207 e. The maximum absolute atomic E-state index is 10.6. The minimum Gasteiger partial charge on any atom is -0.495 e. The number of benzene rings is 1. The molecule has 5 heteroatoms. The summed E-state index contributed by atoms with van der Waals surface area (Å²) in [5.74, 6) is 0.574. The van der Waals surface area contributed by atoms with E-state index in [9.17, 15) is 4.79 Å². The van der Waals surface area contributed by atoms with E-state index >= 15 is 0 Å². The highest BCUT2D eigenvalue weighted by Crippen LogP contribution is 2.26. The highest BCUT2D eigenvalue weighted by atomic mass is 35.5. The van der Waals surface area contributed by atoms with Gasteiger partial charge in [0.1, 0.15) is 12.0 Å². The average molecular weight is 237 g/mol. The summed E-state index contributed by atoms with van der Waals surface area (Å²) < 4.78 is 6.88. The first-order valence-electron chi connectivity index (χ1n) is 4.58. The number of hydrogen-bond acceptors (Lipinski definition) is 3. The van der Waals surface area contributed by atoms with E-state index in [1.54, 1.807) is 35.2 Å². The fourth-order valence-electron chi connectivity index (χ4n) is 1.43. The summed E-state index contributed by atoms with van der Waals surface area (Å²) in [4.78, 5) is 14.6. The highest BCUT2D eigenvalue weighted by molar-refractivity contribution is 6.28. The van der Waals surface area contributed by atoms with Gasteiger partial charge in [0.25, 0.3) is 0 Å². The lowest BCUT2D eigenvalue weighted by atomic mass is 10.2. The van der Waals surface area contributed by atoms with Gasteiger partial charge in [-0.1, -0.05) is 0 Å². The van der Waals surface area contributed by atoms with Crippen LogP contribution in [-0.4, -0.2) is 22.9 Å². The molecule has 0 spiro atoms. The van der Waals surface area contributed by atoms with Crippen LogP contribution in [0.3, 0.4) is 0 Å². The molecule has 1 aromatic carbocycles. The van der Waals surface area contributed by atoms with Crippen molar-refractivity contribution in [2.24, 2.45) is 0 Å². The molecule has 0 aliphatic carbocycles. The van der Waals surface area contributed by atoms with Crippen LogP contribution in [0, 0.1) is 0 Å². The molecule has 82 valence electrons. The Bertz CT molecular complexity index is 522. The van der Waals surface area contributed by atoms with E-state index in [0.29, 0.717) is 16.6 Å². The first kappa shape index (κ1) is 10.7. The number of aldehydes is 1. The van der Waals surface area contributed by atoms with Gasteiger partial charge in [-0.3, -0.25) is 9.36 Å². The van der Waals surface area contributed by atoms with Crippen LogP contribution in [-0.2, 0) is 0 Å². The van der Waals surface area contributed by atoms with Gasteiger partial charge in [0.05, 0.1) is 12.8 Å². The molecule has 0 unspecified atom stereocenters. The molecule has 0 radical (unpaired) electrons. The summed E-state index contributed by atoms with van der Waals surface area (Å²) >= 11 is 5.90. The summed E-state index contributed by atoms with van der Waals surface area (Å²) in [5, 5.41) is 0.345. The van der Waals surface area contributed by atoms with Crippen LogP contribution >= 0.6 is 11.6 Å². The second kappa shape index (κ2) is 4.37. The molecule has 0 aliphatic heterocycles. The van der Waals surface area contributed by atoms with Crippen molar-refractivity contribution >= 4 is 17.9 Å². The standard InChI is InChI=1S/C11H9ClN2O2/c1-16-10-6-8(7-15)2-3-9(10)14-5-4-13-11(14)12/h2-7H,1H3. The van der Waals surface area contributed by atoms with E-state index in [-0.39, 0.29) is 0 Å². The van der Waals surface area contributed by atoms with Gasteiger partial charge in [0.15, 0.2) is 0 Å². The number of halogens is 1. The van der Waals surface area contributed by atoms with Crippen molar-refractivity contribution in [1.82, 2.24) is 9.55 Å². The monoisotopic (exact) mass is 236 g/mol. The number of carbonyl (C=O) groups is 1. The van der Waals surface area contributed by atoms with Gasteiger partial charge < -0.3 is 4.74 Å². The molecule has 0 N–H and O–H groups in total. The number of imidazole rings is 1. The van der Waals surface area contributed by atoms with Crippen LogP contribution in [0.4, 0.5) is 0 Å². The Morgan fingerprint density at radius 1 is 1.50 bits per heavy atom. The molecule has 0 bridgehead atoms. The zero-order chi connectivity index (χ0) is 11.5. The molecule has 0 fully saturated rings. The van der Waals surface area contributed by atoms with Gasteiger partial charge in [-0.05, 0) is 29.8 Å². The molecule has 2 rings (SSSR count). The van der Waals surface area contributed by atoms with Gasteiger partial charge in [-0.2, -0.15) is 0 Å². The molecule has 4 nitrogen and oxygen atoms in total. The molecule has 0 amide bonds. The topological polar surface area (TPSA) is 44.1 Å². The lowest BCUT2D eigenvalue weighted by molar-refractivity contribution is 0.112. The van der Waals surface area contributed by atoms with E-state index in [1.807, 2.05) is 0 Å². The van der Waals surface area contributed by atoms with E-state index in [1.165, 1.54) is 7.11 Å². The number of carbonyl (C=O) groups excluding carboxylic acids is 1. The first-order chi connectivity index (χ1) is 7.76. The molecular weight excluding hydrogens is 228 g/mol. The van der Waals surface area contributed by atoms with Crippen molar-refractivity contribution in [2.75, 3.05) is 7.11 Å². The Kier molecular flexibility index (Phi) is 2.92. The van der Waals surface area contributed by atoms with Gasteiger partial charge in [0.2, 0.25) is 5.28 Å². The van der Waals surface area contributed by atoms with Crippen LogP contribution < -0.4 is 4.74 Å². The number of ether oxygens (including phenoxy) is 1. The lowest BCUT2D eigenvalue weighted by Gasteiger charge is -2.10. The van der Waals surface area contributed by atoms with Crippen LogP contribution in [0.1, 0.15) is 10.4 Å². The Balaban J connectivity index is 2.57. The second-order valence-corrected chi connectivity index (χ2v) is 3.45. The average Bonchev–Trinajstić information content (AvgIpc) is 2.74. The van der Waals surface area contributed by atoms with Crippen LogP contribution in [0.2, 0.25) is 5.28 Å². The third-order valence-corrected chi connectivity index (χ3v) is 2.47. The Morgan fingerprint density at radius 3 is 2.88 bits per heavy atom. The third-order valence-electron chi connectivity index (χ3n) is 2.19. The zero-order valence-corrected chi connectivity index (χ0v) is 9.31. The maximum atomic E-state index is 10.6. The Morgan fingerprint density at radius 2 is 2.31 bits per heavy atom. The lowest BCUT2D eigenvalue weighted by Crippen LogP contribution is -1.98. The number of nitrogens with zero attached hydrogens (tertiary/aromatic N) is 2. The Labute approximate surface area is 97.4 Å². The van der Waals surface area contributed by atoms with E-state index in [4.69, 9.17) is 16.3 Å².